The van der Waals surface area contributed by atoms with E-state index in [4.69, 9.17) is 10.5 Å². The molecule has 3 aromatic carbocycles. The van der Waals surface area contributed by atoms with Gasteiger partial charge >= 0.3 is 5.97 Å². The van der Waals surface area contributed by atoms with Crippen molar-refractivity contribution in [3.05, 3.63) is 88.6 Å². The van der Waals surface area contributed by atoms with Gasteiger partial charge in [-0.15, -0.1) is 0 Å². The normalized spacial score (nSPS) is 11.8. The Morgan fingerprint density at radius 1 is 0.909 bits per heavy atom. The zero-order valence-electron chi connectivity index (χ0n) is 17.8. The van der Waals surface area contributed by atoms with Crippen molar-refractivity contribution in [3.63, 3.8) is 0 Å². The topological polar surface area (TPSA) is 120 Å². The lowest BCUT2D eigenvalue weighted by molar-refractivity contribution is -0.153. The predicted molar refractivity (Wildman–Crippen MR) is 125 cm³/mol. The van der Waals surface area contributed by atoms with Crippen molar-refractivity contribution >= 4 is 45.3 Å². The molecule has 8 heteroatoms. The molecule has 33 heavy (non-hydrogen) atoms. The maximum absolute atomic E-state index is 12.8. The van der Waals surface area contributed by atoms with Gasteiger partial charge in [-0.2, -0.15) is 0 Å². The number of rotatable bonds is 6. The number of pyridine rings is 1. The number of benzene rings is 3. The fourth-order valence-corrected chi connectivity index (χ4v) is 3.63. The molecule has 8 nitrogen and oxygen atoms in total. The summed E-state index contributed by atoms with van der Waals surface area (Å²) < 4.78 is 7.06. The molecule has 0 spiro atoms. The maximum atomic E-state index is 12.8. The number of carbonyl (C=O) groups excluding carboxylic acids is 3. The van der Waals surface area contributed by atoms with Gasteiger partial charge in [-0.1, -0.05) is 24.3 Å². The van der Waals surface area contributed by atoms with E-state index in [0.717, 1.165) is 0 Å². The van der Waals surface area contributed by atoms with Crippen LogP contribution in [-0.2, 0) is 20.9 Å². The first-order valence-electron chi connectivity index (χ1n) is 10.3. The number of nitrogens with zero attached hydrogens (tertiary/aromatic N) is 1. The van der Waals surface area contributed by atoms with Crippen LogP contribution in [0.1, 0.15) is 17.3 Å². The molecule has 0 radical (unpaired) electrons. The van der Waals surface area contributed by atoms with Crippen LogP contribution in [0, 0.1) is 0 Å². The molecule has 2 amide bonds. The fraction of sp³-hybridized carbons (Fsp3) is 0.120. The molecule has 0 saturated heterocycles. The average Bonchev–Trinajstić information content (AvgIpc) is 2.82. The van der Waals surface area contributed by atoms with E-state index in [2.05, 4.69) is 5.32 Å². The zero-order valence-corrected chi connectivity index (χ0v) is 17.8. The number of aromatic nitrogens is 1. The Bertz CT molecular complexity index is 1380. The first kappa shape index (κ1) is 21.8. The zero-order chi connectivity index (χ0) is 23.5. The number of carbonyl (C=O) groups is 3. The van der Waals surface area contributed by atoms with E-state index in [-0.39, 0.29) is 12.0 Å². The predicted octanol–water partition coefficient (Wildman–Crippen LogP) is 2.82. The van der Waals surface area contributed by atoms with Crippen LogP contribution in [-0.4, -0.2) is 28.5 Å². The van der Waals surface area contributed by atoms with Crippen LogP contribution in [0.5, 0.6) is 0 Å². The molecule has 4 aromatic rings. The molecule has 4 rings (SSSR count). The number of primary amides is 1. The quantitative estimate of drug-likeness (QED) is 0.351. The molecule has 0 aliphatic rings. The minimum absolute atomic E-state index is 0.110. The number of fused-ring (bicyclic) bond motifs is 2. The van der Waals surface area contributed by atoms with E-state index in [0.29, 0.717) is 33.1 Å². The number of hydrogen-bond donors (Lipinski definition) is 2. The van der Waals surface area contributed by atoms with Crippen LogP contribution >= 0.6 is 0 Å². The number of hydrogen-bond acceptors (Lipinski definition) is 5. The number of nitrogens with one attached hydrogen (secondary N) is 1. The summed E-state index contributed by atoms with van der Waals surface area (Å²) in [5.41, 5.74) is 7.05. The fourth-order valence-electron chi connectivity index (χ4n) is 3.63. The first-order chi connectivity index (χ1) is 15.8. The van der Waals surface area contributed by atoms with Crippen LogP contribution in [0.2, 0.25) is 0 Å². The van der Waals surface area contributed by atoms with Crippen molar-refractivity contribution in [1.82, 2.24) is 4.57 Å². The highest BCUT2D eigenvalue weighted by molar-refractivity contribution is 5.97. The molecule has 1 aromatic heterocycles. The molecular weight excluding hydrogens is 422 g/mol. The van der Waals surface area contributed by atoms with Crippen molar-refractivity contribution in [3.8, 4) is 0 Å². The lowest BCUT2D eigenvalue weighted by Gasteiger charge is -2.17. The Kier molecular flexibility index (Phi) is 5.91. The highest BCUT2D eigenvalue weighted by atomic mass is 16.5. The minimum Gasteiger partial charge on any atom is -0.451 e. The summed E-state index contributed by atoms with van der Waals surface area (Å²) in [6, 6.07) is 20.1. The largest absolute Gasteiger partial charge is 0.451 e. The molecule has 0 bridgehead atoms. The van der Waals surface area contributed by atoms with Crippen LogP contribution in [0.15, 0.2) is 77.6 Å². The van der Waals surface area contributed by atoms with Gasteiger partial charge in [0.1, 0.15) is 6.54 Å². The Morgan fingerprint density at radius 3 is 2.00 bits per heavy atom. The first-order valence-corrected chi connectivity index (χ1v) is 10.3. The van der Waals surface area contributed by atoms with Gasteiger partial charge in [0.2, 0.25) is 5.91 Å². The second kappa shape index (κ2) is 8.96. The summed E-state index contributed by atoms with van der Waals surface area (Å²) >= 11 is 0. The molecule has 3 N–H and O–H groups in total. The number of para-hydroxylation sites is 2. The number of amides is 2. The van der Waals surface area contributed by atoms with Gasteiger partial charge in [0, 0.05) is 22.0 Å². The summed E-state index contributed by atoms with van der Waals surface area (Å²) in [6.45, 7) is 1.29. The van der Waals surface area contributed by atoms with Gasteiger partial charge in [-0.25, -0.2) is 0 Å². The standard InChI is InChI=1S/C25H21N3O5/c1-15(25(32)27-17-12-10-16(11-13-17)24(26)31)33-22(29)14-28-20-8-4-2-6-18(20)23(30)19-7-3-5-9-21(19)28/h2-13,15H,14H2,1H3,(H2,26,31)(H,27,32). The van der Waals surface area contributed by atoms with Crippen LogP contribution < -0.4 is 16.5 Å². The van der Waals surface area contributed by atoms with E-state index < -0.39 is 23.9 Å². The van der Waals surface area contributed by atoms with Crippen molar-refractivity contribution in [2.24, 2.45) is 5.73 Å². The van der Waals surface area contributed by atoms with E-state index in [1.807, 2.05) is 0 Å². The lowest BCUT2D eigenvalue weighted by atomic mass is 10.1. The average molecular weight is 443 g/mol. The van der Waals surface area contributed by atoms with Gasteiger partial charge < -0.3 is 20.4 Å². The summed E-state index contributed by atoms with van der Waals surface area (Å²) in [6.07, 6.45) is -1.06. The Labute approximate surface area is 188 Å². The van der Waals surface area contributed by atoms with Crippen molar-refractivity contribution < 1.29 is 19.1 Å². The molecule has 0 aliphatic carbocycles. The van der Waals surface area contributed by atoms with Gasteiger partial charge in [0.15, 0.2) is 11.5 Å². The van der Waals surface area contributed by atoms with E-state index in [9.17, 15) is 19.2 Å². The highest BCUT2D eigenvalue weighted by Gasteiger charge is 2.20. The monoisotopic (exact) mass is 443 g/mol. The molecule has 1 heterocycles. The molecule has 1 unspecified atom stereocenters. The molecular formula is C25H21N3O5. The Hall–Kier alpha value is -4.46. The van der Waals surface area contributed by atoms with Gasteiger partial charge in [0.05, 0.1) is 11.0 Å². The van der Waals surface area contributed by atoms with Gasteiger partial charge in [-0.05, 0) is 55.5 Å². The van der Waals surface area contributed by atoms with E-state index in [1.165, 1.54) is 31.2 Å². The molecule has 0 fully saturated rings. The lowest BCUT2D eigenvalue weighted by Crippen LogP contribution is -2.31. The molecule has 166 valence electrons. The van der Waals surface area contributed by atoms with Crippen molar-refractivity contribution in [1.29, 1.82) is 0 Å². The second-order valence-electron chi connectivity index (χ2n) is 7.51. The third-order valence-corrected chi connectivity index (χ3v) is 5.28. The van der Waals surface area contributed by atoms with Crippen LogP contribution in [0.4, 0.5) is 5.69 Å². The molecule has 1 atom stereocenters. The maximum Gasteiger partial charge on any atom is 0.326 e. The summed E-state index contributed by atoms with van der Waals surface area (Å²) in [5.74, 6) is -1.72. The van der Waals surface area contributed by atoms with E-state index in [1.54, 1.807) is 53.1 Å². The third kappa shape index (κ3) is 4.45. The summed E-state index contributed by atoms with van der Waals surface area (Å²) in [7, 11) is 0. The van der Waals surface area contributed by atoms with Gasteiger partial charge in [-0.3, -0.25) is 19.2 Å². The molecule has 0 aliphatic heterocycles. The molecule has 0 saturated carbocycles. The van der Waals surface area contributed by atoms with Gasteiger partial charge in [0.25, 0.3) is 5.91 Å². The van der Waals surface area contributed by atoms with Crippen LogP contribution in [0.3, 0.4) is 0 Å². The van der Waals surface area contributed by atoms with Crippen molar-refractivity contribution in [2.45, 2.75) is 19.6 Å². The second-order valence-corrected chi connectivity index (χ2v) is 7.51. The van der Waals surface area contributed by atoms with Crippen LogP contribution in [0.25, 0.3) is 21.8 Å². The Morgan fingerprint density at radius 2 is 1.45 bits per heavy atom. The summed E-state index contributed by atoms with van der Waals surface area (Å²) in [5, 5.41) is 3.62. The number of esters is 1. The van der Waals surface area contributed by atoms with E-state index >= 15 is 0 Å². The smallest absolute Gasteiger partial charge is 0.326 e. The third-order valence-electron chi connectivity index (χ3n) is 5.28. The number of nitrogens with two attached hydrogens (primary N) is 1. The number of ether oxygens (including phenoxy) is 1. The van der Waals surface area contributed by atoms with Crippen molar-refractivity contribution in [2.75, 3.05) is 5.32 Å². The minimum atomic E-state index is -1.06. The number of anilines is 1. The summed E-state index contributed by atoms with van der Waals surface area (Å²) in [4.78, 5) is 49.2. The SMILES string of the molecule is CC(OC(=O)Cn1c2ccccc2c(=O)c2ccccc21)C(=O)Nc1ccc(C(N)=O)cc1. The highest BCUT2D eigenvalue weighted by Crippen LogP contribution is 2.19. The Balaban J connectivity index is 1.52.